The van der Waals surface area contributed by atoms with E-state index in [1.807, 2.05) is 0 Å². The Kier molecular flexibility index (Phi) is 55.3. The Morgan fingerprint density at radius 3 is 1.09 bits per heavy atom. The molecule has 0 aromatic carbocycles. The van der Waals surface area contributed by atoms with Gasteiger partial charge in [0, 0.05) is 19.3 Å². The molecular weight excluding hydrogens is 976 g/mol. The van der Waals surface area contributed by atoms with Crippen LogP contribution in [0.15, 0.2) is 85.1 Å². The van der Waals surface area contributed by atoms with Crippen LogP contribution in [0.3, 0.4) is 0 Å². The lowest BCUT2D eigenvalue weighted by atomic mass is 10.1. The van der Waals surface area contributed by atoms with E-state index in [0.29, 0.717) is 19.3 Å². The maximum absolute atomic E-state index is 12.9. The zero-order chi connectivity index (χ0) is 55.5. The number of esters is 3. The van der Waals surface area contributed by atoms with Crippen molar-refractivity contribution in [3.05, 3.63) is 85.1 Å². The first-order chi connectivity index (χ1) is 37.2. The number of rotatable bonds is 56. The molecule has 12 heteroatoms. The van der Waals surface area contributed by atoms with E-state index in [9.17, 15) is 28.9 Å². The van der Waals surface area contributed by atoms with Crippen molar-refractivity contribution < 1.29 is 52.2 Å². The summed E-state index contributed by atoms with van der Waals surface area (Å²) in [7, 11) is -4.76. The fraction of sp³-hybridized carbons (Fsp3) is 0.734. The highest BCUT2D eigenvalue weighted by molar-refractivity contribution is 7.47. The Bertz CT molecular complexity index is 1600. The number of hydrogen-bond acceptors (Lipinski definition) is 10. The third-order valence-corrected chi connectivity index (χ3v) is 13.7. The molecule has 11 nitrogen and oxygen atoms in total. The van der Waals surface area contributed by atoms with Crippen LogP contribution in [0.1, 0.15) is 265 Å². The number of carbonyl (C=O) groups is 3. The van der Waals surface area contributed by atoms with Crippen molar-refractivity contribution in [1.82, 2.24) is 0 Å². The van der Waals surface area contributed by atoms with Gasteiger partial charge in [0.1, 0.15) is 12.7 Å². The lowest BCUT2D eigenvalue weighted by Crippen LogP contribution is -2.30. The molecule has 0 radical (unpaired) electrons. The number of phosphoric acid groups is 1. The van der Waals surface area contributed by atoms with Crippen LogP contribution >= 0.6 is 7.82 Å². The van der Waals surface area contributed by atoms with Crippen molar-refractivity contribution in [2.75, 3.05) is 26.4 Å². The van der Waals surface area contributed by atoms with Gasteiger partial charge in [-0.15, -0.1) is 0 Å². The zero-order valence-corrected chi connectivity index (χ0v) is 49.3. The van der Waals surface area contributed by atoms with E-state index in [1.165, 1.54) is 77.0 Å². The van der Waals surface area contributed by atoms with Gasteiger partial charge in [-0.1, -0.05) is 215 Å². The second kappa shape index (κ2) is 57.8. The summed E-state index contributed by atoms with van der Waals surface area (Å²) in [5.41, 5.74) is 0. The van der Waals surface area contributed by atoms with Crippen molar-refractivity contribution in [2.24, 2.45) is 0 Å². The molecular formula is C64H111O11P. The van der Waals surface area contributed by atoms with E-state index in [2.05, 4.69) is 106 Å². The Labute approximate surface area is 464 Å². The van der Waals surface area contributed by atoms with Gasteiger partial charge in [0.05, 0.1) is 19.8 Å². The summed E-state index contributed by atoms with van der Waals surface area (Å²) >= 11 is 0. The van der Waals surface area contributed by atoms with Gasteiger partial charge in [-0.05, 0) is 116 Å². The number of hydrogen-bond donors (Lipinski definition) is 2. The average Bonchev–Trinajstić information content (AvgIpc) is 3.41. The predicted octanol–water partition coefficient (Wildman–Crippen LogP) is 18.3. The first-order valence-electron chi connectivity index (χ1n) is 30.5. The smallest absolute Gasteiger partial charge is 0.462 e. The maximum atomic E-state index is 12.9. The quantitative estimate of drug-likeness (QED) is 0.0197. The van der Waals surface area contributed by atoms with Gasteiger partial charge in [0.2, 0.25) is 0 Å². The molecule has 2 N–H and O–H groups in total. The van der Waals surface area contributed by atoms with Crippen LogP contribution in [0.4, 0.5) is 0 Å². The molecule has 76 heavy (non-hydrogen) atoms. The van der Waals surface area contributed by atoms with Crippen LogP contribution in [0.2, 0.25) is 0 Å². The first-order valence-corrected chi connectivity index (χ1v) is 32.0. The van der Waals surface area contributed by atoms with Crippen molar-refractivity contribution >= 4 is 25.7 Å². The van der Waals surface area contributed by atoms with Gasteiger partial charge < -0.3 is 24.2 Å². The van der Waals surface area contributed by atoms with Crippen LogP contribution in [-0.2, 0) is 42.2 Å². The minimum absolute atomic E-state index is 0.135. The summed E-state index contributed by atoms with van der Waals surface area (Å²) in [4.78, 5) is 48.6. The Morgan fingerprint density at radius 2 is 0.684 bits per heavy atom. The Morgan fingerprint density at radius 1 is 0.382 bits per heavy atom. The highest BCUT2D eigenvalue weighted by atomic mass is 31.2. The standard InChI is InChI=1S/C64H111O11P/c1-4-7-10-13-16-19-22-25-28-30-33-36-39-42-45-48-51-54-63(67)74-60(56-65)58-72-76(69,70)73-59-61(57-71-62(66)53-50-47-44-41-38-35-32-27-24-21-18-15-12-9-6-3)75-64(68)55-52-49-46-43-40-37-34-31-29-26-23-20-17-14-11-8-5-2/h8,11,16-17,19-20,25-29,32,34,37,60-61,65H,4-7,9-10,12-15,18,21-24,30-31,33,35-36,38-59H2,1-3H3,(H,69,70)/b11-8-,19-16-,20-17-,28-25-,29-26-,32-27-,37-34-. The normalized spacial score (nSPS) is 13.9. The molecule has 3 unspecified atom stereocenters. The van der Waals surface area contributed by atoms with Gasteiger partial charge in [0.15, 0.2) is 6.10 Å². The zero-order valence-electron chi connectivity index (χ0n) is 48.5. The van der Waals surface area contributed by atoms with E-state index < -0.39 is 57.8 Å². The molecule has 0 amide bonds. The number of allylic oxidation sites excluding steroid dienone is 14. The third kappa shape index (κ3) is 55.4. The second-order valence-electron chi connectivity index (χ2n) is 20.1. The van der Waals surface area contributed by atoms with E-state index in [0.717, 1.165) is 128 Å². The maximum Gasteiger partial charge on any atom is 0.472 e. The van der Waals surface area contributed by atoms with Gasteiger partial charge in [-0.3, -0.25) is 23.4 Å². The molecule has 0 aromatic rings. The van der Waals surface area contributed by atoms with Gasteiger partial charge in [-0.25, -0.2) is 4.57 Å². The fourth-order valence-corrected chi connectivity index (χ4v) is 8.92. The lowest BCUT2D eigenvalue weighted by molar-refractivity contribution is -0.161. The summed E-state index contributed by atoms with van der Waals surface area (Å²) in [6, 6.07) is 0. The van der Waals surface area contributed by atoms with E-state index in [4.69, 9.17) is 23.3 Å². The average molecular weight is 1090 g/mol. The summed E-state index contributed by atoms with van der Waals surface area (Å²) in [6.45, 7) is 4.47. The SMILES string of the molecule is CC/C=C\C/C=C\C/C=C\C/C=C\CCCCCCC(=O)OC(COC(=O)CCCCCCC/C=C\CCCCCCCC)COP(=O)(O)OCC(CO)OC(=O)CCCCCCCCC/C=C\C/C=C\CCCCC. The van der Waals surface area contributed by atoms with E-state index in [-0.39, 0.29) is 25.9 Å². The van der Waals surface area contributed by atoms with Gasteiger partial charge >= 0.3 is 25.7 Å². The molecule has 0 aromatic heterocycles. The van der Waals surface area contributed by atoms with Gasteiger partial charge in [-0.2, -0.15) is 0 Å². The van der Waals surface area contributed by atoms with Crippen molar-refractivity contribution in [3.8, 4) is 0 Å². The first kappa shape index (κ1) is 72.7. The molecule has 438 valence electrons. The number of phosphoric ester groups is 1. The van der Waals surface area contributed by atoms with E-state index in [1.54, 1.807) is 0 Å². The highest BCUT2D eigenvalue weighted by Crippen LogP contribution is 2.43. The van der Waals surface area contributed by atoms with Crippen LogP contribution in [0.5, 0.6) is 0 Å². The number of aliphatic hydroxyl groups excluding tert-OH is 1. The molecule has 0 fully saturated rings. The van der Waals surface area contributed by atoms with Crippen LogP contribution in [0.25, 0.3) is 0 Å². The van der Waals surface area contributed by atoms with E-state index >= 15 is 0 Å². The second-order valence-corrected chi connectivity index (χ2v) is 21.6. The van der Waals surface area contributed by atoms with Gasteiger partial charge in [0.25, 0.3) is 0 Å². The number of unbranched alkanes of at least 4 members (excludes halogenated alkanes) is 25. The summed E-state index contributed by atoms with van der Waals surface area (Å²) in [5.74, 6) is -1.51. The monoisotopic (exact) mass is 1090 g/mol. The van der Waals surface area contributed by atoms with Crippen molar-refractivity contribution in [2.45, 2.75) is 277 Å². The number of aliphatic hydroxyl groups is 1. The molecule has 0 rings (SSSR count). The van der Waals surface area contributed by atoms with Crippen molar-refractivity contribution in [3.63, 3.8) is 0 Å². The molecule has 0 aliphatic rings. The molecule has 0 heterocycles. The molecule has 0 aliphatic carbocycles. The Balaban J connectivity index is 4.75. The number of carbonyl (C=O) groups excluding carboxylic acids is 3. The molecule has 0 saturated heterocycles. The van der Waals surface area contributed by atoms with Crippen LogP contribution in [0, 0.1) is 0 Å². The van der Waals surface area contributed by atoms with Crippen molar-refractivity contribution in [1.29, 1.82) is 0 Å². The molecule has 0 bridgehead atoms. The molecule has 0 spiro atoms. The van der Waals surface area contributed by atoms with Crippen LogP contribution in [-0.4, -0.2) is 66.5 Å². The summed E-state index contributed by atoms with van der Waals surface area (Å²) in [6.07, 6.45) is 66.7. The predicted molar refractivity (Wildman–Crippen MR) is 316 cm³/mol. The molecule has 0 saturated carbocycles. The fourth-order valence-electron chi connectivity index (χ4n) is 8.14. The lowest BCUT2D eigenvalue weighted by Gasteiger charge is -2.21. The number of ether oxygens (including phenoxy) is 3. The molecule has 0 aliphatic heterocycles. The van der Waals surface area contributed by atoms with Crippen LogP contribution < -0.4 is 0 Å². The Hall–Kier alpha value is -3.34. The minimum atomic E-state index is -4.76. The summed E-state index contributed by atoms with van der Waals surface area (Å²) < 4.78 is 39.6. The largest absolute Gasteiger partial charge is 0.472 e. The third-order valence-electron chi connectivity index (χ3n) is 12.8. The minimum Gasteiger partial charge on any atom is -0.462 e. The molecule has 3 atom stereocenters. The topological polar surface area (TPSA) is 155 Å². The summed E-state index contributed by atoms with van der Waals surface area (Å²) in [5, 5.41) is 9.84. The highest BCUT2D eigenvalue weighted by Gasteiger charge is 2.28.